The van der Waals surface area contributed by atoms with Crippen molar-refractivity contribution in [1.29, 1.82) is 0 Å². The number of hydrogen-bond acceptors (Lipinski definition) is 3. The van der Waals surface area contributed by atoms with Gasteiger partial charge in [-0.25, -0.2) is 4.39 Å². The smallest absolute Gasteiger partial charge is 0.230 e. The number of benzene rings is 1. The summed E-state index contributed by atoms with van der Waals surface area (Å²) in [6.45, 7) is 4.15. The number of hydrogen-bond donors (Lipinski definition) is 1. The molecule has 1 N–H and O–H groups in total. The number of halogens is 1. The van der Waals surface area contributed by atoms with Crippen molar-refractivity contribution < 1.29 is 13.9 Å². The van der Waals surface area contributed by atoms with Crippen molar-refractivity contribution in [2.45, 2.75) is 11.8 Å². The molecule has 98 valence electrons. The number of ether oxygens (including phenoxy) is 1. The van der Waals surface area contributed by atoms with E-state index in [0.29, 0.717) is 25.5 Å². The van der Waals surface area contributed by atoms with Crippen molar-refractivity contribution in [3.05, 3.63) is 30.1 Å². The summed E-state index contributed by atoms with van der Waals surface area (Å²) in [7, 11) is 0. The Kier molecular flexibility index (Phi) is 4.24. The third-order valence-corrected chi connectivity index (χ3v) is 3.81. The highest BCUT2D eigenvalue weighted by atomic mass is 32.2. The molecular formula is C13H16FNO2S. The number of thioether (sulfide) groups is 1. The molecule has 1 amide bonds. The van der Waals surface area contributed by atoms with E-state index in [1.807, 2.05) is 0 Å². The number of carbonyl (C=O) groups is 1. The van der Waals surface area contributed by atoms with Crippen LogP contribution in [0.15, 0.2) is 29.2 Å². The van der Waals surface area contributed by atoms with Gasteiger partial charge in [-0.15, -0.1) is 11.8 Å². The number of carbonyl (C=O) groups excluding carboxylic acids is 1. The molecule has 0 spiro atoms. The molecule has 1 aliphatic rings. The summed E-state index contributed by atoms with van der Waals surface area (Å²) < 4.78 is 17.8. The molecule has 2 rings (SSSR count). The Morgan fingerprint density at radius 3 is 2.67 bits per heavy atom. The molecule has 0 saturated carbocycles. The molecule has 0 bridgehead atoms. The molecule has 1 heterocycles. The Morgan fingerprint density at radius 2 is 2.11 bits per heavy atom. The Bertz CT molecular complexity index is 418. The highest BCUT2D eigenvalue weighted by Crippen LogP contribution is 2.25. The van der Waals surface area contributed by atoms with Crippen molar-refractivity contribution in [3.63, 3.8) is 0 Å². The topological polar surface area (TPSA) is 38.3 Å². The van der Waals surface area contributed by atoms with E-state index in [0.717, 1.165) is 4.90 Å². The maximum atomic E-state index is 12.7. The fraction of sp³-hybridized carbons (Fsp3) is 0.462. The van der Waals surface area contributed by atoms with E-state index < -0.39 is 0 Å². The molecule has 0 atom stereocenters. The lowest BCUT2D eigenvalue weighted by Gasteiger charge is -2.38. The normalized spacial score (nSPS) is 17.0. The van der Waals surface area contributed by atoms with Crippen LogP contribution in [0.3, 0.4) is 0 Å². The van der Waals surface area contributed by atoms with Crippen molar-refractivity contribution in [2.24, 2.45) is 5.41 Å². The first-order chi connectivity index (χ1) is 8.57. The molecule has 18 heavy (non-hydrogen) atoms. The van der Waals surface area contributed by atoms with Gasteiger partial charge in [-0.3, -0.25) is 4.79 Å². The second-order valence-electron chi connectivity index (χ2n) is 4.82. The van der Waals surface area contributed by atoms with Crippen molar-refractivity contribution in [3.8, 4) is 0 Å². The van der Waals surface area contributed by atoms with Gasteiger partial charge in [-0.1, -0.05) is 6.92 Å². The largest absolute Gasteiger partial charge is 0.380 e. The molecule has 1 saturated heterocycles. The van der Waals surface area contributed by atoms with Gasteiger partial charge in [0, 0.05) is 16.9 Å². The minimum absolute atomic E-state index is 0.00236. The lowest BCUT2D eigenvalue weighted by Crippen LogP contribution is -2.48. The standard InChI is InChI=1S/C13H16FNO2S/c1-13(8-17-9-13)7-15-12(16)6-18-11-4-2-10(14)3-5-11/h2-5H,6-9H2,1H3,(H,15,16). The average molecular weight is 269 g/mol. The van der Waals surface area contributed by atoms with E-state index in [4.69, 9.17) is 4.74 Å². The van der Waals surface area contributed by atoms with E-state index in [2.05, 4.69) is 12.2 Å². The van der Waals surface area contributed by atoms with Crippen LogP contribution in [0.5, 0.6) is 0 Å². The van der Waals surface area contributed by atoms with Gasteiger partial charge < -0.3 is 10.1 Å². The molecule has 0 aromatic heterocycles. The second-order valence-corrected chi connectivity index (χ2v) is 5.87. The van der Waals surface area contributed by atoms with Crippen LogP contribution in [0.4, 0.5) is 4.39 Å². The van der Waals surface area contributed by atoms with Crippen LogP contribution in [0.2, 0.25) is 0 Å². The molecular weight excluding hydrogens is 253 g/mol. The number of amides is 1. The molecule has 0 aliphatic carbocycles. The van der Waals surface area contributed by atoms with Gasteiger partial charge in [0.25, 0.3) is 0 Å². The predicted molar refractivity (Wildman–Crippen MR) is 69.1 cm³/mol. The maximum absolute atomic E-state index is 12.7. The predicted octanol–water partition coefficient (Wildman–Crippen LogP) is 2.07. The average Bonchev–Trinajstić information content (AvgIpc) is 2.33. The number of rotatable bonds is 5. The number of nitrogens with one attached hydrogen (secondary N) is 1. The molecule has 0 radical (unpaired) electrons. The van der Waals surface area contributed by atoms with Crippen LogP contribution in [0.25, 0.3) is 0 Å². The zero-order valence-electron chi connectivity index (χ0n) is 10.2. The lowest BCUT2D eigenvalue weighted by molar-refractivity contribution is -0.124. The van der Waals surface area contributed by atoms with Gasteiger partial charge in [-0.05, 0) is 24.3 Å². The van der Waals surface area contributed by atoms with Crippen LogP contribution in [-0.2, 0) is 9.53 Å². The van der Waals surface area contributed by atoms with Gasteiger partial charge in [0.1, 0.15) is 5.82 Å². The SMILES string of the molecule is CC1(CNC(=O)CSc2ccc(F)cc2)COC1. The third kappa shape index (κ3) is 3.71. The van der Waals surface area contributed by atoms with E-state index in [1.165, 1.54) is 23.9 Å². The summed E-state index contributed by atoms with van der Waals surface area (Å²) >= 11 is 1.40. The Labute approximate surface area is 110 Å². The molecule has 1 aromatic carbocycles. The Morgan fingerprint density at radius 1 is 1.44 bits per heavy atom. The fourth-order valence-electron chi connectivity index (χ4n) is 1.60. The molecule has 0 unspecified atom stereocenters. The van der Waals surface area contributed by atoms with E-state index in [-0.39, 0.29) is 17.1 Å². The zero-order chi connectivity index (χ0) is 13.0. The molecule has 1 fully saturated rings. The first-order valence-corrected chi connectivity index (χ1v) is 6.79. The second kappa shape index (κ2) is 5.71. The van der Waals surface area contributed by atoms with Gasteiger partial charge in [0.05, 0.1) is 19.0 Å². The van der Waals surface area contributed by atoms with Crippen LogP contribution in [0.1, 0.15) is 6.92 Å². The third-order valence-electron chi connectivity index (χ3n) is 2.80. The summed E-state index contributed by atoms with van der Waals surface area (Å²) in [5.74, 6) is 0.0851. The van der Waals surface area contributed by atoms with Crippen molar-refractivity contribution in [2.75, 3.05) is 25.5 Å². The molecule has 3 nitrogen and oxygen atoms in total. The van der Waals surface area contributed by atoms with E-state index >= 15 is 0 Å². The highest BCUT2D eigenvalue weighted by Gasteiger charge is 2.33. The van der Waals surface area contributed by atoms with E-state index in [9.17, 15) is 9.18 Å². The van der Waals surface area contributed by atoms with Crippen molar-refractivity contribution >= 4 is 17.7 Å². The summed E-state index contributed by atoms with van der Waals surface area (Å²) in [6.07, 6.45) is 0. The Balaban J connectivity index is 1.69. The van der Waals surface area contributed by atoms with Gasteiger partial charge in [0.2, 0.25) is 5.91 Å². The summed E-state index contributed by atoms with van der Waals surface area (Å²) in [5, 5.41) is 2.89. The van der Waals surface area contributed by atoms with Crippen LogP contribution in [-0.4, -0.2) is 31.4 Å². The lowest BCUT2D eigenvalue weighted by atomic mass is 9.89. The van der Waals surface area contributed by atoms with Gasteiger partial charge in [-0.2, -0.15) is 0 Å². The molecule has 1 aliphatic heterocycles. The zero-order valence-corrected chi connectivity index (χ0v) is 11.1. The quantitative estimate of drug-likeness (QED) is 0.832. The summed E-state index contributed by atoms with van der Waals surface area (Å²) in [5.41, 5.74) is 0.0935. The summed E-state index contributed by atoms with van der Waals surface area (Å²) in [4.78, 5) is 12.5. The summed E-state index contributed by atoms with van der Waals surface area (Å²) in [6, 6.07) is 6.14. The van der Waals surface area contributed by atoms with E-state index in [1.54, 1.807) is 12.1 Å². The van der Waals surface area contributed by atoms with Crippen LogP contribution in [0, 0.1) is 11.2 Å². The van der Waals surface area contributed by atoms with Gasteiger partial charge >= 0.3 is 0 Å². The maximum Gasteiger partial charge on any atom is 0.230 e. The van der Waals surface area contributed by atoms with Crippen LogP contribution >= 0.6 is 11.8 Å². The fourth-order valence-corrected chi connectivity index (χ4v) is 2.32. The van der Waals surface area contributed by atoms with Crippen LogP contribution < -0.4 is 5.32 Å². The highest BCUT2D eigenvalue weighted by molar-refractivity contribution is 8.00. The van der Waals surface area contributed by atoms with Gasteiger partial charge in [0.15, 0.2) is 0 Å². The minimum atomic E-state index is -0.262. The van der Waals surface area contributed by atoms with Crippen molar-refractivity contribution in [1.82, 2.24) is 5.32 Å². The first-order valence-electron chi connectivity index (χ1n) is 5.80. The molecule has 1 aromatic rings. The first kappa shape index (κ1) is 13.4. The Hall–Kier alpha value is -1.07. The minimum Gasteiger partial charge on any atom is -0.380 e. The monoisotopic (exact) mass is 269 g/mol. The molecule has 5 heteroatoms.